The van der Waals surface area contributed by atoms with Gasteiger partial charge < -0.3 is 14.2 Å². The lowest BCUT2D eigenvalue weighted by molar-refractivity contribution is -0.137. The predicted molar refractivity (Wildman–Crippen MR) is 155 cm³/mol. The maximum absolute atomic E-state index is 12.5. The second-order valence-electron chi connectivity index (χ2n) is 9.72. The zero-order chi connectivity index (χ0) is 27.3. The van der Waals surface area contributed by atoms with Gasteiger partial charge in [-0.05, 0) is 60.9 Å². The Labute approximate surface area is 229 Å². The molecule has 0 aliphatic heterocycles. The predicted octanol–water partition coefficient (Wildman–Crippen LogP) is 8.95. The smallest absolute Gasteiger partial charge is 0.343 e. The van der Waals surface area contributed by atoms with E-state index in [-0.39, 0.29) is 5.97 Å². The van der Waals surface area contributed by atoms with Gasteiger partial charge in [0.05, 0.1) is 18.8 Å². The second kappa shape index (κ2) is 20.0. The summed E-state index contributed by atoms with van der Waals surface area (Å²) in [6.45, 7) is 5.31. The van der Waals surface area contributed by atoms with Crippen LogP contribution in [0.25, 0.3) is 6.08 Å². The van der Waals surface area contributed by atoms with Gasteiger partial charge in [0, 0.05) is 6.08 Å². The zero-order valence-electron chi connectivity index (χ0n) is 23.4. The Morgan fingerprint density at radius 2 is 1.18 bits per heavy atom. The molecule has 2 aromatic carbocycles. The van der Waals surface area contributed by atoms with Gasteiger partial charge in [-0.3, -0.25) is 0 Å². The normalized spacial score (nSPS) is 11.0. The van der Waals surface area contributed by atoms with Gasteiger partial charge in [-0.2, -0.15) is 0 Å². The first-order chi connectivity index (χ1) is 18.6. The Morgan fingerprint density at radius 1 is 0.632 bits per heavy atom. The molecule has 0 fully saturated rings. The minimum atomic E-state index is -0.427. The Bertz CT molecular complexity index is 931. The number of rotatable bonds is 20. The molecule has 38 heavy (non-hydrogen) atoms. The van der Waals surface area contributed by atoms with Crippen LogP contribution in [0.3, 0.4) is 0 Å². The lowest BCUT2D eigenvalue weighted by atomic mass is 10.1. The van der Waals surface area contributed by atoms with Crippen molar-refractivity contribution in [1.82, 2.24) is 0 Å². The Hall–Kier alpha value is -3.08. The summed E-state index contributed by atoms with van der Waals surface area (Å²) in [5, 5.41) is 0. The first-order valence-corrected chi connectivity index (χ1v) is 14.5. The van der Waals surface area contributed by atoms with Crippen molar-refractivity contribution in [2.75, 3.05) is 13.2 Å². The van der Waals surface area contributed by atoms with Gasteiger partial charge in [-0.1, -0.05) is 96.6 Å². The molecule has 0 heterocycles. The third kappa shape index (κ3) is 14.0. The van der Waals surface area contributed by atoms with Crippen molar-refractivity contribution in [2.24, 2.45) is 0 Å². The number of esters is 2. The molecule has 0 saturated heterocycles. The summed E-state index contributed by atoms with van der Waals surface area (Å²) in [4.78, 5) is 24.0. The summed E-state index contributed by atoms with van der Waals surface area (Å²) in [5.74, 6) is 0.402. The highest BCUT2D eigenvalue weighted by atomic mass is 16.5. The Kier molecular flexibility index (Phi) is 16.4. The lowest BCUT2D eigenvalue weighted by Gasteiger charge is -2.08. The van der Waals surface area contributed by atoms with E-state index in [0.29, 0.717) is 24.5 Å². The summed E-state index contributed by atoms with van der Waals surface area (Å²) in [7, 11) is 0. The van der Waals surface area contributed by atoms with Gasteiger partial charge in [0.1, 0.15) is 11.5 Å². The highest BCUT2D eigenvalue weighted by Crippen LogP contribution is 2.18. The van der Waals surface area contributed by atoms with Crippen LogP contribution in [0.1, 0.15) is 113 Å². The van der Waals surface area contributed by atoms with Crippen LogP contribution in [-0.4, -0.2) is 25.2 Å². The highest BCUT2D eigenvalue weighted by molar-refractivity contribution is 5.91. The van der Waals surface area contributed by atoms with Gasteiger partial charge in [0.2, 0.25) is 0 Å². The number of hydrogen-bond donors (Lipinski definition) is 0. The average Bonchev–Trinajstić information content (AvgIpc) is 2.94. The van der Waals surface area contributed by atoms with E-state index < -0.39 is 5.97 Å². The fraction of sp³-hybridized carbons (Fsp3) is 0.515. The summed E-state index contributed by atoms with van der Waals surface area (Å²) >= 11 is 0. The molecule has 0 bridgehead atoms. The molecule has 0 aliphatic carbocycles. The van der Waals surface area contributed by atoms with Crippen molar-refractivity contribution in [3.63, 3.8) is 0 Å². The molecule has 0 saturated carbocycles. The number of hydrogen-bond acceptors (Lipinski definition) is 5. The van der Waals surface area contributed by atoms with Crippen molar-refractivity contribution >= 4 is 18.0 Å². The standard InChI is InChI=1S/C33H46O5/c1-3-5-6-7-8-9-10-11-12-13-14-15-27-36-30-23-19-29(20-24-30)33(35)38-31-21-16-28(17-22-31)18-25-32(34)37-26-4-2/h16-25H,3-15,26-27H2,1-2H3/b25-18+. The molecule has 0 amide bonds. The highest BCUT2D eigenvalue weighted by Gasteiger charge is 2.09. The second-order valence-corrected chi connectivity index (χ2v) is 9.72. The van der Waals surface area contributed by atoms with E-state index in [9.17, 15) is 9.59 Å². The minimum absolute atomic E-state index is 0.371. The molecule has 0 aliphatic rings. The molecule has 0 unspecified atom stereocenters. The third-order valence-electron chi connectivity index (χ3n) is 6.31. The number of unbranched alkanes of at least 4 members (excludes halogenated alkanes) is 11. The van der Waals surface area contributed by atoms with Crippen LogP contribution in [0.15, 0.2) is 54.6 Å². The number of carbonyl (C=O) groups excluding carboxylic acids is 2. The van der Waals surface area contributed by atoms with E-state index in [1.54, 1.807) is 42.5 Å². The van der Waals surface area contributed by atoms with E-state index in [4.69, 9.17) is 14.2 Å². The maximum Gasteiger partial charge on any atom is 0.343 e. The van der Waals surface area contributed by atoms with E-state index in [1.165, 1.54) is 76.7 Å². The Balaban J connectivity index is 1.59. The van der Waals surface area contributed by atoms with Crippen molar-refractivity contribution in [3.8, 4) is 11.5 Å². The van der Waals surface area contributed by atoms with Crippen LogP contribution in [0, 0.1) is 0 Å². The van der Waals surface area contributed by atoms with Crippen LogP contribution in [0.2, 0.25) is 0 Å². The van der Waals surface area contributed by atoms with E-state index >= 15 is 0 Å². The van der Waals surface area contributed by atoms with Crippen molar-refractivity contribution < 1.29 is 23.8 Å². The van der Waals surface area contributed by atoms with Gasteiger partial charge in [0.15, 0.2) is 0 Å². The summed E-state index contributed by atoms with van der Waals surface area (Å²) < 4.78 is 16.3. The molecular formula is C33H46O5. The first kappa shape index (κ1) is 31.1. The molecule has 0 atom stereocenters. The quantitative estimate of drug-likeness (QED) is 0.0751. The Morgan fingerprint density at radius 3 is 1.76 bits per heavy atom. The maximum atomic E-state index is 12.5. The van der Waals surface area contributed by atoms with Gasteiger partial charge in [-0.15, -0.1) is 0 Å². The molecule has 5 heteroatoms. The fourth-order valence-corrected chi connectivity index (χ4v) is 4.05. The minimum Gasteiger partial charge on any atom is -0.494 e. The van der Waals surface area contributed by atoms with Gasteiger partial charge in [0.25, 0.3) is 0 Å². The van der Waals surface area contributed by atoms with Crippen LogP contribution >= 0.6 is 0 Å². The van der Waals surface area contributed by atoms with Crippen LogP contribution < -0.4 is 9.47 Å². The summed E-state index contributed by atoms with van der Waals surface area (Å²) in [6, 6.07) is 14.0. The fourth-order valence-electron chi connectivity index (χ4n) is 4.05. The molecule has 2 rings (SSSR count). The molecule has 2 aromatic rings. The van der Waals surface area contributed by atoms with Gasteiger partial charge >= 0.3 is 11.9 Å². The topological polar surface area (TPSA) is 61.8 Å². The van der Waals surface area contributed by atoms with Crippen molar-refractivity contribution in [1.29, 1.82) is 0 Å². The molecular weight excluding hydrogens is 476 g/mol. The average molecular weight is 523 g/mol. The van der Waals surface area contributed by atoms with E-state index in [1.807, 2.05) is 19.1 Å². The van der Waals surface area contributed by atoms with Crippen molar-refractivity contribution in [3.05, 3.63) is 65.7 Å². The number of carbonyl (C=O) groups is 2. The van der Waals surface area contributed by atoms with Crippen LogP contribution in [0.4, 0.5) is 0 Å². The van der Waals surface area contributed by atoms with E-state index in [2.05, 4.69) is 6.92 Å². The summed E-state index contributed by atoms with van der Waals surface area (Å²) in [6.07, 6.45) is 19.7. The SMILES string of the molecule is CCCCCCCCCCCCCCOc1ccc(C(=O)Oc2ccc(/C=C/C(=O)OCCC)cc2)cc1. The number of ether oxygens (including phenoxy) is 3. The lowest BCUT2D eigenvalue weighted by Crippen LogP contribution is -2.08. The molecule has 0 radical (unpaired) electrons. The molecule has 5 nitrogen and oxygen atoms in total. The monoisotopic (exact) mass is 522 g/mol. The van der Waals surface area contributed by atoms with Crippen LogP contribution in [0.5, 0.6) is 11.5 Å². The van der Waals surface area contributed by atoms with Gasteiger partial charge in [-0.25, -0.2) is 9.59 Å². The van der Waals surface area contributed by atoms with Crippen molar-refractivity contribution in [2.45, 2.75) is 97.3 Å². The molecule has 0 aromatic heterocycles. The third-order valence-corrected chi connectivity index (χ3v) is 6.31. The van der Waals surface area contributed by atoms with Crippen LogP contribution in [-0.2, 0) is 9.53 Å². The molecule has 0 N–H and O–H groups in total. The summed E-state index contributed by atoms with van der Waals surface area (Å²) in [5.41, 5.74) is 1.28. The van der Waals surface area contributed by atoms with E-state index in [0.717, 1.165) is 24.2 Å². The molecule has 208 valence electrons. The zero-order valence-corrected chi connectivity index (χ0v) is 23.4. The first-order valence-electron chi connectivity index (χ1n) is 14.5. The largest absolute Gasteiger partial charge is 0.494 e. The molecule has 0 spiro atoms. The number of benzene rings is 2.